The molecule has 9 nitrogen and oxygen atoms in total. The van der Waals surface area contributed by atoms with Gasteiger partial charge in [0.15, 0.2) is 0 Å². The number of urea groups is 1. The molecule has 2 aliphatic rings. The van der Waals surface area contributed by atoms with Crippen molar-refractivity contribution < 1.29 is 23.1 Å². The number of carbonyl (C=O) groups excluding carboxylic acids is 1. The fourth-order valence-electron chi connectivity index (χ4n) is 5.55. The summed E-state index contributed by atoms with van der Waals surface area (Å²) in [6.07, 6.45) is 8.29. The Balaban J connectivity index is 1.26. The summed E-state index contributed by atoms with van der Waals surface area (Å²) in [5.74, 6) is 1.34. The first-order valence-electron chi connectivity index (χ1n) is 14.5. The molecule has 4 rings (SSSR count). The van der Waals surface area contributed by atoms with E-state index < -0.39 is 16.1 Å². The highest BCUT2D eigenvalue weighted by Crippen LogP contribution is 2.25. The van der Waals surface area contributed by atoms with Crippen LogP contribution in [-0.2, 0) is 16.6 Å². The molecule has 0 bridgehead atoms. The van der Waals surface area contributed by atoms with Gasteiger partial charge in [0, 0.05) is 37.9 Å². The SMILES string of the molecule is CCCCN(C(=O)N[C@H]1CCCC[C@@H]1O)C1CCN(Cc2ccc(Oc3ccc(NS(C)(=O)=O)cc3)cc2)CC1. The molecule has 0 aromatic heterocycles. The van der Waals surface area contributed by atoms with Crippen LogP contribution >= 0.6 is 0 Å². The maximum absolute atomic E-state index is 13.2. The highest BCUT2D eigenvalue weighted by Gasteiger charge is 2.31. The van der Waals surface area contributed by atoms with E-state index in [2.05, 4.69) is 34.0 Å². The monoisotopic (exact) mass is 572 g/mol. The van der Waals surface area contributed by atoms with Crippen LogP contribution in [0.4, 0.5) is 10.5 Å². The number of sulfonamides is 1. The van der Waals surface area contributed by atoms with Crippen LogP contribution in [0.5, 0.6) is 11.5 Å². The van der Waals surface area contributed by atoms with E-state index in [1.165, 1.54) is 5.56 Å². The largest absolute Gasteiger partial charge is 0.457 e. The molecule has 40 heavy (non-hydrogen) atoms. The molecular weight excluding hydrogens is 528 g/mol. The molecule has 0 spiro atoms. The minimum atomic E-state index is -3.31. The van der Waals surface area contributed by atoms with Crippen molar-refractivity contribution in [1.82, 2.24) is 15.1 Å². The van der Waals surface area contributed by atoms with Crippen LogP contribution < -0.4 is 14.8 Å². The number of carbonyl (C=O) groups is 1. The molecule has 10 heteroatoms. The second-order valence-corrected chi connectivity index (χ2v) is 12.9. The number of hydrogen-bond donors (Lipinski definition) is 3. The van der Waals surface area contributed by atoms with Crippen LogP contribution in [0.25, 0.3) is 0 Å². The number of rotatable bonds is 11. The molecule has 2 aromatic carbocycles. The lowest BCUT2D eigenvalue weighted by atomic mass is 9.92. The zero-order valence-corrected chi connectivity index (χ0v) is 24.5. The topological polar surface area (TPSA) is 111 Å². The van der Waals surface area contributed by atoms with Gasteiger partial charge in [-0.25, -0.2) is 13.2 Å². The number of likely N-dealkylation sites (tertiary alicyclic amines) is 1. The predicted octanol–water partition coefficient (Wildman–Crippen LogP) is 4.93. The van der Waals surface area contributed by atoms with Gasteiger partial charge in [0.1, 0.15) is 11.5 Å². The van der Waals surface area contributed by atoms with Gasteiger partial charge >= 0.3 is 6.03 Å². The summed E-state index contributed by atoms with van der Waals surface area (Å²) >= 11 is 0. The van der Waals surface area contributed by atoms with E-state index in [0.29, 0.717) is 17.2 Å². The number of ether oxygens (including phenoxy) is 1. The molecule has 1 heterocycles. The summed E-state index contributed by atoms with van der Waals surface area (Å²) in [4.78, 5) is 17.7. The quantitative estimate of drug-likeness (QED) is 0.352. The number of hydrogen-bond acceptors (Lipinski definition) is 6. The number of amides is 2. The van der Waals surface area contributed by atoms with E-state index in [1.807, 2.05) is 17.0 Å². The summed E-state index contributed by atoms with van der Waals surface area (Å²) in [5, 5.41) is 13.5. The third-order valence-electron chi connectivity index (χ3n) is 7.77. The average molecular weight is 573 g/mol. The van der Waals surface area contributed by atoms with E-state index in [0.717, 1.165) is 83.8 Å². The van der Waals surface area contributed by atoms with Gasteiger partial charge in [0.05, 0.1) is 18.4 Å². The Hall–Kier alpha value is -2.82. The summed E-state index contributed by atoms with van der Waals surface area (Å²) < 4.78 is 31.1. The van der Waals surface area contributed by atoms with Crippen molar-refractivity contribution in [3.05, 3.63) is 54.1 Å². The highest BCUT2D eigenvalue weighted by molar-refractivity contribution is 7.92. The number of aliphatic hydroxyl groups is 1. The highest BCUT2D eigenvalue weighted by atomic mass is 32.2. The zero-order valence-electron chi connectivity index (χ0n) is 23.7. The molecule has 0 unspecified atom stereocenters. The number of benzene rings is 2. The van der Waals surface area contributed by atoms with Gasteiger partial charge in [-0.1, -0.05) is 38.3 Å². The third kappa shape index (κ3) is 9.11. The van der Waals surface area contributed by atoms with Crippen molar-refractivity contribution in [2.75, 3.05) is 30.6 Å². The fraction of sp³-hybridized carbons (Fsp3) is 0.567. The Morgan fingerprint density at radius 2 is 1.62 bits per heavy atom. The molecule has 1 aliphatic carbocycles. The lowest BCUT2D eigenvalue weighted by Crippen LogP contribution is -2.55. The van der Waals surface area contributed by atoms with Crippen molar-refractivity contribution in [3.63, 3.8) is 0 Å². The number of unbranched alkanes of at least 4 members (excludes halogenated alkanes) is 1. The van der Waals surface area contributed by atoms with Crippen LogP contribution in [0, 0.1) is 0 Å². The van der Waals surface area contributed by atoms with Gasteiger partial charge in [-0.15, -0.1) is 0 Å². The average Bonchev–Trinajstić information content (AvgIpc) is 2.92. The number of nitrogens with one attached hydrogen (secondary N) is 2. The summed E-state index contributed by atoms with van der Waals surface area (Å²) in [7, 11) is -3.31. The van der Waals surface area contributed by atoms with E-state index in [1.54, 1.807) is 24.3 Å². The van der Waals surface area contributed by atoms with Crippen molar-refractivity contribution in [2.24, 2.45) is 0 Å². The normalized spacial score (nSPS) is 20.6. The van der Waals surface area contributed by atoms with E-state index >= 15 is 0 Å². The Morgan fingerprint density at radius 1 is 1.00 bits per heavy atom. The second kappa shape index (κ2) is 14.2. The molecule has 0 radical (unpaired) electrons. The van der Waals surface area contributed by atoms with Crippen LogP contribution in [0.15, 0.2) is 48.5 Å². The van der Waals surface area contributed by atoms with Gasteiger partial charge in [0.25, 0.3) is 0 Å². The molecule has 1 saturated carbocycles. The molecule has 2 amide bonds. The van der Waals surface area contributed by atoms with E-state index in [4.69, 9.17) is 4.74 Å². The number of aliphatic hydroxyl groups excluding tert-OH is 1. The first kappa shape index (κ1) is 30.1. The minimum absolute atomic E-state index is 0.0188. The van der Waals surface area contributed by atoms with Gasteiger partial charge in [-0.05, 0) is 74.1 Å². The molecule has 1 aliphatic heterocycles. The Morgan fingerprint density at radius 3 is 2.23 bits per heavy atom. The van der Waals surface area contributed by atoms with Crippen molar-refractivity contribution in [3.8, 4) is 11.5 Å². The van der Waals surface area contributed by atoms with Gasteiger partial charge in [-0.2, -0.15) is 0 Å². The Kier molecular flexibility index (Phi) is 10.7. The molecule has 220 valence electrons. The van der Waals surface area contributed by atoms with Crippen LogP contribution in [0.2, 0.25) is 0 Å². The lowest BCUT2D eigenvalue weighted by Gasteiger charge is -2.40. The first-order chi connectivity index (χ1) is 19.2. The summed E-state index contributed by atoms with van der Waals surface area (Å²) in [6, 6.07) is 14.9. The van der Waals surface area contributed by atoms with Crippen molar-refractivity contribution in [2.45, 2.75) is 83.0 Å². The van der Waals surface area contributed by atoms with Crippen LogP contribution in [0.3, 0.4) is 0 Å². The second-order valence-electron chi connectivity index (χ2n) is 11.1. The van der Waals surface area contributed by atoms with Gasteiger partial charge < -0.3 is 20.1 Å². The van der Waals surface area contributed by atoms with Crippen LogP contribution in [-0.4, -0.2) is 73.4 Å². The smallest absolute Gasteiger partial charge is 0.317 e. The standard InChI is InChI=1S/C30H44N4O5S/c1-3-4-19-34(30(36)31-28-7-5-6-8-29(28)35)25-17-20-33(21-18-25)22-23-9-13-26(14-10-23)39-27-15-11-24(12-16-27)32-40(2,37)38/h9-16,25,28-29,32,35H,3-8,17-22H2,1-2H3,(H,31,36)/t28-,29-/m0/s1. The van der Waals surface area contributed by atoms with Crippen molar-refractivity contribution in [1.29, 1.82) is 0 Å². The maximum Gasteiger partial charge on any atom is 0.317 e. The third-order valence-corrected chi connectivity index (χ3v) is 8.38. The zero-order chi connectivity index (χ0) is 28.5. The van der Waals surface area contributed by atoms with Gasteiger partial charge in [0.2, 0.25) is 10.0 Å². The van der Waals surface area contributed by atoms with Crippen molar-refractivity contribution >= 4 is 21.7 Å². The molecular formula is C30H44N4O5S. The molecule has 2 fully saturated rings. The Labute approximate surface area is 238 Å². The van der Waals surface area contributed by atoms with Gasteiger partial charge in [-0.3, -0.25) is 9.62 Å². The first-order valence-corrected chi connectivity index (χ1v) is 16.4. The number of piperidine rings is 1. The number of nitrogens with zero attached hydrogens (tertiary/aromatic N) is 2. The summed E-state index contributed by atoms with van der Waals surface area (Å²) in [5.41, 5.74) is 1.69. The van der Waals surface area contributed by atoms with Crippen LogP contribution in [0.1, 0.15) is 63.9 Å². The maximum atomic E-state index is 13.2. The number of anilines is 1. The lowest BCUT2D eigenvalue weighted by molar-refractivity contribution is 0.0801. The molecule has 2 atom stereocenters. The summed E-state index contributed by atoms with van der Waals surface area (Å²) in [6.45, 7) is 5.61. The predicted molar refractivity (Wildman–Crippen MR) is 158 cm³/mol. The molecule has 1 saturated heterocycles. The minimum Gasteiger partial charge on any atom is -0.457 e. The Bertz CT molecular complexity index is 1180. The molecule has 3 N–H and O–H groups in total. The van der Waals surface area contributed by atoms with E-state index in [9.17, 15) is 18.3 Å². The molecule has 2 aromatic rings. The van der Waals surface area contributed by atoms with E-state index in [-0.39, 0.29) is 18.1 Å². The fourth-order valence-corrected chi connectivity index (χ4v) is 6.12.